The normalized spacial score (nSPS) is 24.4. The number of ether oxygens (including phenoxy) is 2. The maximum Gasteiger partial charge on any atom is 0.308 e. The van der Waals surface area contributed by atoms with Crippen LogP contribution in [0.15, 0.2) is 72.8 Å². The van der Waals surface area contributed by atoms with Gasteiger partial charge in [0.2, 0.25) is 5.91 Å². The predicted molar refractivity (Wildman–Crippen MR) is 186 cm³/mol. The van der Waals surface area contributed by atoms with Crippen LogP contribution in [0.25, 0.3) is 0 Å². The minimum Gasteiger partial charge on any atom is -0.483 e. The molecule has 0 N–H and O–H groups in total. The minimum absolute atomic E-state index is 0.0473. The third kappa shape index (κ3) is 6.17. The molecule has 0 radical (unpaired) electrons. The van der Waals surface area contributed by atoms with E-state index in [0.717, 1.165) is 30.4 Å². The first kappa shape index (κ1) is 33.8. The molecule has 260 valence electrons. The van der Waals surface area contributed by atoms with Crippen molar-refractivity contribution in [3.05, 3.63) is 95.1 Å². The number of benzene rings is 3. The van der Waals surface area contributed by atoms with Crippen LogP contribution in [-0.2, 0) is 26.2 Å². The van der Waals surface area contributed by atoms with E-state index in [1.807, 2.05) is 42.5 Å². The van der Waals surface area contributed by atoms with Crippen LogP contribution in [0, 0.1) is 5.92 Å². The number of unbranched alkanes of at least 4 members (excludes halogenated alkanes) is 1. The molecule has 2 heterocycles. The maximum absolute atomic E-state index is 14.3. The summed E-state index contributed by atoms with van der Waals surface area (Å²) in [5.41, 5.74) is 2.92. The Morgan fingerprint density at radius 1 is 0.860 bits per heavy atom. The summed E-state index contributed by atoms with van der Waals surface area (Å²) in [5, 5.41) is 0. The molecule has 2 aliphatic heterocycles. The van der Waals surface area contributed by atoms with Crippen molar-refractivity contribution in [2.75, 3.05) is 19.6 Å². The topological polar surface area (TPSA) is 110 Å². The highest BCUT2D eigenvalue weighted by atomic mass is 16.6. The average Bonchev–Trinajstić information content (AvgIpc) is 3.46. The van der Waals surface area contributed by atoms with Crippen LogP contribution >= 0.6 is 0 Å². The molecule has 1 amide bonds. The lowest BCUT2D eigenvalue weighted by molar-refractivity contribution is -0.142. The van der Waals surface area contributed by atoms with Crippen molar-refractivity contribution in [3.8, 4) is 11.5 Å². The molecule has 0 aromatic heterocycles. The second-order valence-electron chi connectivity index (χ2n) is 14.4. The molecule has 3 aromatic carbocycles. The lowest BCUT2D eigenvalue weighted by Gasteiger charge is -2.60. The first-order valence-corrected chi connectivity index (χ1v) is 17.9. The first-order valence-electron chi connectivity index (χ1n) is 17.9. The van der Waals surface area contributed by atoms with Crippen molar-refractivity contribution < 1.29 is 33.4 Å². The van der Waals surface area contributed by atoms with Crippen LogP contribution in [0.3, 0.4) is 0 Å². The predicted octanol–water partition coefficient (Wildman–Crippen LogP) is 5.76. The van der Waals surface area contributed by atoms with Gasteiger partial charge in [-0.1, -0.05) is 66.7 Å². The second-order valence-corrected chi connectivity index (χ2v) is 14.4. The van der Waals surface area contributed by atoms with E-state index in [4.69, 9.17) is 9.47 Å². The summed E-state index contributed by atoms with van der Waals surface area (Å²) in [4.78, 5) is 69.4. The maximum atomic E-state index is 14.3. The van der Waals surface area contributed by atoms with Gasteiger partial charge in [-0.3, -0.25) is 28.9 Å². The molecule has 1 spiro atoms. The third-order valence-electron chi connectivity index (χ3n) is 11.3. The van der Waals surface area contributed by atoms with Gasteiger partial charge in [0.15, 0.2) is 23.1 Å². The van der Waals surface area contributed by atoms with Crippen molar-refractivity contribution in [2.45, 2.75) is 88.8 Å². The fourth-order valence-corrected chi connectivity index (χ4v) is 9.36. The van der Waals surface area contributed by atoms with E-state index in [0.29, 0.717) is 61.4 Å². The van der Waals surface area contributed by atoms with Crippen LogP contribution in [0.2, 0.25) is 0 Å². The number of carbonyl (C=O) groups is 5. The van der Waals surface area contributed by atoms with E-state index in [9.17, 15) is 24.0 Å². The number of amides is 1. The third-order valence-corrected chi connectivity index (χ3v) is 11.3. The van der Waals surface area contributed by atoms with Crippen molar-refractivity contribution in [1.29, 1.82) is 0 Å². The number of nitrogens with zero attached hydrogens (tertiary/aromatic N) is 2. The smallest absolute Gasteiger partial charge is 0.308 e. The zero-order chi connectivity index (χ0) is 35.0. The molecule has 2 aliphatic carbocycles. The van der Waals surface area contributed by atoms with Crippen molar-refractivity contribution >= 4 is 29.2 Å². The van der Waals surface area contributed by atoms with E-state index < -0.39 is 23.5 Å². The Morgan fingerprint density at radius 3 is 2.22 bits per heavy atom. The summed E-state index contributed by atoms with van der Waals surface area (Å²) in [6, 6.07) is 21.8. The number of Topliss-reactive ketones (excluding diaryl/α,β-unsaturated/α-hetero) is 3. The van der Waals surface area contributed by atoms with E-state index >= 15 is 0 Å². The summed E-state index contributed by atoms with van der Waals surface area (Å²) >= 11 is 0. The Hall–Kier alpha value is -4.63. The number of hydrogen-bond donors (Lipinski definition) is 0. The number of piperidine rings is 1. The molecule has 0 unspecified atom stereocenters. The van der Waals surface area contributed by atoms with Crippen LogP contribution in [0.1, 0.15) is 90.6 Å². The number of esters is 1. The van der Waals surface area contributed by atoms with Crippen molar-refractivity contribution in [3.63, 3.8) is 0 Å². The van der Waals surface area contributed by atoms with Crippen LogP contribution in [0.4, 0.5) is 0 Å². The molecular weight excluding hydrogens is 632 g/mol. The fourth-order valence-electron chi connectivity index (χ4n) is 9.36. The van der Waals surface area contributed by atoms with E-state index in [-0.39, 0.29) is 48.2 Å². The van der Waals surface area contributed by atoms with Gasteiger partial charge in [-0.25, -0.2) is 0 Å². The zero-order valence-electron chi connectivity index (χ0n) is 28.8. The van der Waals surface area contributed by atoms with Crippen LogP contribution in [0.5, 0.6) is 11.5 Å². The molecule has 3 aromatic rings. The highest BCUT2D eigenvalue weighted by Crippen LogP contribution is 2.64. The standard InChI is InChI=1S/C41H44N2O7/c1-26(44)24-42-22-21-41-31-18-19-32(40(41)50-39-36(49-27(2)45)20-17-30(38(39)41)23-33(31)42)43(25-35(47)29-13-7-4-8-14-29)37(48)16-10-9-15-34(46)28-11-5-3-6-12-28/h3-8,11-14,17,20,31-33,40H,9-10,15-16,18-19,21-25H2,1-2H3/t31-,32+,33+,40-,41-/m0/s1. The fraction of sp³-hybridized carbons (Fsp3) is 0.439. The Labute approximate surface area is 292 Å². The van der Waals surface area contributed by atoms with Gasteiger partial charge in [-0.05, 0) is 69.5 Å². The highest BCUT2D eigenvalue weighted by Gasteiger charge is 2.66. The molecule has 1 saturated heterocycles. The molecule has 2 fully saturated rings. The lowest BCUT2D eigenvalue weighted by Crippen LogP contribution is -2.69. The van der Waals surface area contributed by atoms with E-state index in [1.54, 1.807) is 42.2 Å². The number of likely N-dealkylation sites (tertiary alicyclic amines) is 1. The molecule has 4 aliphatic rings. The van der Waals surface area contributed by atoms with Crippen LogP contribution < -0.4 is 9.47 Å². The SMILES string of the molecule is CC(=O)CN1CC[C@]23c4c5ccc(OC(C)=O)c4O[C@H]2[C@H](N(CC(=O)c2ccccc2)C(=O)CCCCC(=O)c2ccccc2)CC[C@H]3[C@H]1C5. The van der Waals surface area contributed by atoms with Crippen molar-refractivity contribution in [2.24, 2.45) is 5.92 Å². The number of rotatable bonds is 13. The molecule has 9 nitrogen and oxygen atoms in total. The second kappa shape index (κ2) is 13.9. The van der Waals surface area contributed by atoms with Gasteiger partial charge in [-0.2, -0.15) is 0 Å². The lowest BCUT2D eigenvalue weighted by atomic mass is 9.51. The van der Waals surface area contributed by atoms with Gasteiger partial charge in [-0.15, -0.1) is 0 Å². The number of carbonyl (C=O) groups excluding carboxylic acids is 5. The van der Waals surface area contributed by atoms with E-state index in [2.05, 4.69) is 4.90 Å². The Kier molecular flexibility index (Phi) is 9.44. The number of ketones is 3. The Balaban J connectivity index is 1.20. The highest BCUT2D eigenvalue weighted by molar-refractivity contribution is 5.99. The summed E-state index contributed by atoms with van der Waals surface area (Å²) < 4.78 is 12.6. The molecule has 1 saturated carbocycles. The monoisotopic (exact) mass is 676 g/mol. The number of hydrogen-bond acceptors (Lipinski definition) is 8. The average molecular weight is 677 g/mol. The molecule has 50 heavy (non-hydrogen) atoms. The van der Waals surface area contributed by atoms with Gasteiger partial charge in [0, 0.05) is 47.9 Å². The minimum atomic E-state index is -0.462. The largest absolute Gasteiger partial charge is 0.483 e. The van der Waals surface area contributed by atoms with Crippen LogP contribution in [-0.4, -0.2) is 76.8 Å². The van der Waals surface area contributed by atoms with Gasteiger partial charge in [0.1, 0.15) is 11.9 Å². The molecule has 2 bridgehead atoms. The van der Waals surface area contributed by atoms with Gasteiger partial charge < -0.3 is 14.4 Å². The zero-order valence-corrected chi connectivity index (χ0v) is 28.8. The van der Waals surface area contributed by atoms with Gasteiger partial charge in [0.25, 0.3) is 0 Å². The molecule has 7 rings (SSSR count). The summed E-state index contributed by atoms with van der Waals surface area (Å²) in [7, 11) is 0. The van der Waals surface area contributed by atoms with Gasteiger partial charge >= 0.3 is 5.97 Å². The summed E-state index contributed by atoms with van der Waals surface area (Å²) in [6.45, 7) is 4.02. The first-order chi connectivity index (χ1) is 24.2. The molecule has 9 heteroatoms. The Bertz CT molecular complexity index is 1810. The van der Waals surface area contributed by atoms with E-state index in [1.165, 1.54) is 6.92 Å². The molecule has 5 atom stereocenters. The van der Waals surface area contributed by atoms with Gasteiger partial charge in [0.05, 0.1) is 19.1 Å². The summed E-state index contributed by atoms with van der Waals surface area (Å²) in [6.07, 6.45) is 4.09. The Morgan fingerprint density at radius 2 is 1.54 bits per heavy atom. The molecular formula is C41H44N2O7. The van der Waals surface area contributed by atoms with Crippen molar-refractivity contribution in [1.82, 2.24) is 9.80 Å². The quantitative estimate of drug-likeness (QED) is 0.0973. The summed E-state index contributed by atoms with van der Waals surface area (Å²) in [5.74, 6) is 0.575.